The van der Waals surface area contributed by atoms with E-state index in [-0.39, 0.29) is 6.03 Å². The summed E-state index contributed by atoms with van der Waals surface area (Å²) in [5.41, 5.74) is 0.964. The van der Waals surface area contributed by atoms with Crippen molar-refractivity contribution >= 4 is 12.0 Å². The van der Waals surface area contributed by atoms with Crippen LogP contribution in [0.3, 0.4) is 0 Å². The van der Waals surface area contributed by atoms with Gasteiger partial charge in [0.15, 0.2) is 0 Å². The number of amides is 2. The Kier molecular flexibility index (Phi) is 7.99. The molecule has 0 fully saturated rings. The zero-order chi connectivity index (χ0) is 16.4. The Balaban J connectivity index is 2.47. The fourth-order valence-corrected chi connectivity index (χ4v) is 1.99. The van der Waals surface area contributed by atoms with Crippen molar-refractivity contribution in [2.45, 2.75) is 18.9 Å². The number of urea groups is 1. The molecule has 1 atom stereocenters. The van der Waals surface area contributed by atoms with Gasteiger partial charge in [0.25, 0.3) is 0 Å². The van der Waals surface area contributed by atoms with Crippen LogP contribution in [0, 0.1) is 0 Å². The summed E-state index contributed by atoms with van der Waals surface area (Å²) in [5, 5.41) is 5.41. The van der Waals surface area contributed by atoms with E-state index in [1.165, 1.54) is 7.11 Å². The van der Waals surface area contributed by atoms with Gasteiger partial charge in [-0.25, -0.2) is 9.59 Å². The molecule has 6 nitrogen and oxygen atoms in total. The molecule has 0 aliphatic carbocycles. The summed E-state index contributed by atoms with van der Waals surface area (Å²) in [5.74, 6) is -0.452. The predicted octanol–water partition coefficient (Wildman–Crippen LogP) is 1.02. The lowest BCUT2D eigenvalue weighted by Crippen LogP contribution is -2.48. The quantitative estimate of drug-likeness (QED) is 0.556. The minimum absolute atomic E-state index is 0.356. The maximum Gasteiger partial charge on any atom is 0.328 e. The van der Waals surface area contributed by atoms with Crippen LogP contribution < -0.4 is 10.6 Å². The van der Waals surface area contributed by atoms with Crippen molar-refractivity contribution < 1.29 is 14.3 Å². The standard InChI is InChI=1S/C16H25N3O3/c1-19(2)11-7-10-17-16(21)18-14(15(20)22-3)12-13-8-5-4-6-9-13/h4-6,8-9,14H,7,10-12H2,1-3H3,(H2,17,18,21). The second-order valence-corrected chi connectivity index (χ2v) is 5.32. The molecule has 1 rings (SSSR count). The fourth-order valence-electron chi connectivity index (χ4n) is 1.99. The molecule has 1 unspecified atom stereocenters. The maximum atomic E-state index is 11.9. The zero-order valence-electron chi connectivity index (χ0n) is 13.5. The number of rotatable bonds is 8. The van der Waals surface area contributed by atoms with Gasteiger partial charge in [0.2, 0.25) is 0 Å². The van der Waals surface area contributed by atoms with Crippen molar-refractivity contribution in [3.8, 4) is 0 Å². The third-order valence-electron chi connectivity index (χ3n) is 3.14. The number of nitrogens with one attached hydrogen (secondary N) is 2. The average molecular weight is 307 g/mol. The number of methoxy groups -OCH3 is 1. The molecular formula is C16H25N3O3. The average Bonchev–Trinajstić information content (AvgIpc) is 2.51. The van der Waals surface area contributed by atoms with E-state index in [1.807, 2.05) is 49.3 Å². The van der Waals surface area contributed by atoms with Gasteiger partial charge in [-0.3, -0.25) is 0 Å². The van der Waals surface area contributed by atoms with Crippen molar-refractivity contribution in [1.82, 2.24) is 15.5 Å². The van der Waals surface area contributed by atoms with Crippen LogP contribution >= 0.6 is 0 Å². The Morgan fingerprint density at radius 1 is 1.23 bits per heavy atom. The summed E-state index contributed by atoms with van der Waals surface area (Å²) in [4.78, 5) is 25.7. The van der Waals surface area contributed by atoms with Crippen LogP contribution in [0.25, 0.3) is 0 Å². The van der Waals surface area contributed by atoms with Crippen LogP contribution in [0.15, 0.2) is 30.3 Å². The molecule has 0 aromatic heterocycles. The van der Waals surface area contributed by atoms with Crippen molar-refractivity contribution in [2.75, 3.05) is 34.3 Å². The topological polar surface area (TPSA) is 70.7 Å². The first kappa shape index (κ1) is 18.0. The van der Waals surface area contributed by atoms with Gasteiger partial charge in [0, 0.05) is 13.0 Å². The molecule has 0 saturated heterocycles. The van der Waals surface area contributed by atoms with Crippen LogP contribution in [0.2, 0.25) is 0 Å². The molecule has 6 heteroatoms. The monoisotopic (exact) mass is 307 g/mol. The van der Waals surface area contributed by atoms with Gasteiger partial charge < -0.3 is 20.3 Å². The predicted molar refractivity (Wildman–Crippen MR) is 85.7 cm³/mol. The summed E-state index contributed by atoms with van der Waals surface area (Å²) in [7, 11) is 5.28. The van der Waals surface area contributed by atoms with E-state index in [2.05, 4.69) is 10.6 Å². The fraction of sp³-hybridized carbons (Fsp3) is 0.500. The highest BCUT2D eigenvalue weighted by molar-refractivity contribution is 5.83. The zero-order valence-corrected chi connectivity index (χ0v) is 13.5. The maximum absolute atomic E-state index is 11.9. The lowest BCUT2D eigenvalue weighted by atomic mass is 10.1. The van der Waals surface area contributed by atoms with E-state index in [4.69, 9.17) is 4.74 Å². The molecule has 22 heavy (non-hydrogen) atoms. The lowest BCUT2D eigenvalue weighted by Gasteiger charge is -2.17. The summed E-state index contributed by atoms with van der Waals surface area (Å²) < 4.78 is 4.75. The number of hydrogen-bond donors (Lipinski definition) is 2. The van der Waals surface area contributed by atoms with Gasteiger partial charge >= 0.3 is 12.0 Å². The summed E-state index contributed by atoms with van der Waals surface area (Å²) >= 11 is 0. The van der Waals surface area contributed by atoms with E-state index >= 15 is 0 Å². The molecule has 0 saturated carbocycles. The molecule has 0 bridgehead atoms. The van der Waals surface area contributed by atoms with E-state index in [0.717, 1.165) is 18.5 Å². The first-order valence-corrected chi connectivity index (χ1v) is 7.33. The van der Waals surface area contributed by atoms with Gasteiger partial charge in [-0.2, -0.15) is 0 Å². The van der Waals surface area contributed by atoms with Crippen LogP contribution in [0.1, 0.15) is 12.0 Å². The lowest BCUT2D eigenvalue weighted by molar-refractivity contribution is -0.142. The van der Waals surface area contributed by atoms with Crippen molar-refractivity contribution in [1.29, 1.82) is 0 Å². The van der Waals surface area contributed by atoms with Crippen molar-refractivity contribution in [3.63, 3.8) is 0 Å². The van der Waals surface area contributed by atoms with Gasteiger partial charge in [-0.05, 0) is 32.6 Å². The van der Waals surface area contributed by atoms with Crippen LogP contribution in [0.5, 0.6) is 0 Å². The van der Waals surface area contributed by atoms with E-state index in [1.54, 1.807) is 0 Å². The first-order valence-electron chi connectivity index (χ1n) is 7.33. The summed E-state index contributed by atoms with van der Waals surface area (Å²) in [6.07, 6.45) is 1.25. The SMILES string of the molecule is COC(=O)C(Cc1ccccc1)NC(=O)NCCCN(C)C. The van der Waals surface area contributed by atoms with Crippen molar-refractivity contribution in [2.24, 2.45) is 0 Å². The normalized spacial score (nSPS) is 11.8. The Morgan fingerprint density at radius 3 is 2.50 bits per heavy atom. The van der Waals surface area contributed by atoms with E-state index < -0.39 is 12.0 Å². The third kappa shape index (κ3) is 7.08. The minimum Gasteiger partial charge on any atom is -0.467 e. The van der Waals surface area contributed by atoms with E-state index in [9.17, 15) is 9.59 Å². The van der Waals surface area contributed by atoms with Gasteiger partial charge in [-0.1, -0.05) is 30.3 Å². The number of carbonyl (C=O) groups excluding carboxylic acids is 2. The van der Waals surface area contributed by atoms with E-state index in [0.29, 0.717) is 13.0 Å². The number of ether oxygens (including phenoxy) is 1. The highest BCUT2D eigenvalue weighted by Crippen LogP contribution is 2.04. The summed E-state index contributed by atoms with van der Waals surface area (Å²) in [6.45, 7) is 1.45. The Labute approximate surface area is 131 Å². The molecule has 0 radical (unpaired) electrons. The molecule has 122 valence electrons. The number of nitrogens with zero attached hydrogens (tertiary/aromatic N) is 1. The van der Waals surface area contributed by atoms with Crippen LogP contribution in [-0.2, 0) is 16.0 Å². The largest absolute Gasteiger partial charge is 0.467 e. The first-order chi connectivity index (χ1) is 10.5. The number of carbonyl (C=O) groups is 2. The van der Waals surface area contributed by atoms with Gasteiger partial charge in [0.05, 0.1) is 7.11 Å². The Morgan fingerprint density at radius 2 is 1.91 bits per heavy atom. The second kappa shape index (κ2) is 9.78. The molecular weight excluding hydrogens is 282 g/mol. The molecule has 0 heterocycles. The minimum atomic E-state index is -0.693. The molecule has 2 amide bonds. The molecule has 0 spiro atoms. The van der Waals surface area contributed by atoms with Gasteiger partial charge in [-0.15, -0.1) is 0 Å². The molecule has 1 aromatic carbocycles. The second-order valence-electron chi connectivity index (χ2n) is 5.32. The van der Waals surface area contributed by atoms with Crippen LogP contribution in [0.4, 0.5) is 4.79 Å². The van der Waals surface area contributed by atoms with Gasteiger partial charge in [0.1, 0.15) is 6.04 Å². The molecule has 0 aliphatic rings. The third-order valence-corrected chi connectivity index (χ3v) is 3.14. The number of hydrogen-bond acceptors (Lipinski definition) is 4. The Bertz CT molecular complexity index is 463. The summed E-state index contributed by atoms with van der Waals surface area (Å²) in [6, 6.07) is 8.46. The smallest absolute Gasteiger partial charge is 0.328 e. The molecule has 1 aromatic rings. The highest BCUT2D eigenvalue weighted by atomic mass is 16.5. The molecule has 0 aliphatic heterocycles. The van der Waals surface area contributed by atoms with Crippen LogP contribution in [-0.4, -0.2) is 57.2 Å². The molecule has 2 N–H and O–H groups in total. The highest BCUT2D eigenvalue weighted by Gasteiger charge is 2.21. The number of benzene rings is 1. The van der Waals surface area contributed by atoms with Crippen molar-refractivity contribution in [3.05, 3.63) is 35.9 Å². The Hall–Kier alpha value is -2.08. The number of esters is 1.